The molecule has 8 heteroatoms. The van der Waals surface area contributed by atoms with Gasteiger partial charge in [0.25, 0.3) is 0 Å². The lowest BCUT2D eigenvalue weighted by Gasteiger charge is -2.21. The minimum Gasteiger partial charge on any atom is -0.486 e. The van der Waals surface area contributed by atoms with E-state index in [0.717, 1.165) is 5.56 Å². The van der Waals surface area contributed by atoms with E-state index in [1.165, 1.54) is 6.07 Å². The Morgan fingerprint density at radius 2 is 1.80 bits per heavy atom. The maximum absolute atomic E-state index is 12.5. The molecule has 0 spiro atoms. The molecule has 2 aromatic rings. The van der Waals surface area contributed by atoms with Crippen molar-refractivity contribution in [1.82, 2.24) is 4.72 Å². The molecular formula is C17H17Cl2NO4S. The first-order valence-electron chi connectivity index (χ1n) is 7.67. The van der Waals surface area contributed by atoms with Gasteiger partial charge in [-0.3, -0.25) is 0 Å². The van der Waals surface area contributed by atoms with Gasteiger partial charge < -0.3 is 9.47 Å². The number of ether oxygens (including phenoxy) is 2. The second-order valence-electron chi connectivity index (χ2n) is 5.74. The second kappa shape index (κ2) is 7.41. The van der Waals surface area contributed by atoms with Crippen LogP contribution in [0.5, 0.6) is 11.5 Å². The predicted molar refractivity (Wildman–Crippen MR) is 98.1 cm³/mol. The van der Waals surface area contributed by atoms with Crippen LogP contribution in [0.2, 0.25) is 10.0 Å². The van der Waals surface area contributed by atoms with Crippen LogP contribution < -0.4 is 14.2 Å². The van der Waals surface area contributed by atoms with Crippen molar-refractivity contribution in [2.24, 2.45) is 0 Å². The van der Waals surface area contributed by atoms with Crippen molar-refractivity contribution in [1.29, 1.82) is 0 Å². The Kier molecular flexibility index (Phi) is 5.43. The van der Waals surface area contributed by atoms with Crippen molar-refractivity contribution in [3.05, 3.63) is 57.6 Å². The zero-order valence-corrected chi connectivity index (χ0v) is 15.8. The summed E-state index contributed by atoms with van der Waals surface area (Å²) in [6.45, 7) is 2.76. The molecular weight excluding hydrogens is 385 g/mol. The first-order valence-corrected chi connectivity index (χ1v) is 10.1. The summed E-state index contributed by atoms with van der Waals surface area (Å²) < 4.78 is 38.6. The summed E-state index contributed by atoms with van der Waals surface area (Å²) in [4.78, 5) is 0. The summed E-state index contributed by atoms with van der Waals surface area (Å²) in [5, 5.41) is 0.786. The fourth-order valence-electron chi connectivity index (χ4n) is 2.55. The molecule has 0 aliphatic carbocycles. The maximum atomic E-state index is 12.5. The van der Waals surface area contributed by atoms with Gasteiger partial charge in [-0.1, -0.05) is 35.3 Å². The number of fused-ring (bicyclic) bond motifs is 1. The minimum atomic E-state index is -3.59. The van der Waals surface area contributed by atoms with Gasteiger partial charge in [0, 0.05) is 16.1 Å². The lowest BCUT2D eigenvalue weighted by Crippen LogP contribution is -2.28. The van der Waals surface area contributed by atoms with Gasteiger partial charge >= 0.3 is 0 Å². The normalized spacial score (nSPS) is 15.0. The van der Waals surface area contributed by atoms with E-state index < -0.39 is 16.1 Å². The fraction of sp³-hybridized carbons (Fsp3) is 0.294. The number of hydrogen-bond acceptors (Lipinski definition) is 4. The molecule has 0 fully saturated rings. The summed E-state index contributed by atoms with van der Waals surface area (Å²) in [6, 6.07) is 9.71. The summed E-state index contributed by atoms with van der Waals surface area (Å²) in [6.07, 6.45) is 0. The number of nitrogens with one attached hydrogen (secondary N) is 1. The Bertz CT molecular complexity index is 886. The van der Waals surface area contributed by atoms with Crippen LogP contribution >= 0.6 is 23.2 Å². The van der Waals surface area contributed by atoms with E-state index in [4.69, 9.17) is 32.7 Å². The van der Waals surface area contributed by atoms with E-state index in [0.29, 0.717) is 40.3 Å². The van der Waals surface area contributed by atoms with Crippen molar-refractivity contribution >= 4 is 33.2 Å². The van der Waals surface area contributed by atoms with Crippen molar-refractivity contribution in [2.45, 2.75) is 18.7 Å². The summed E-state index contributed by atoms with van der Waals surface area (Å²) >= 11 is 11.9. The number of benzene rings is 2. The number of sulfonamides is 1. The third-order valence-electron chi connectivity index (χ3n) is 3.78. The molecule has 25 heavy (non-hydrogen) atoms. The predicted octanol–water partition coefficient (Wildman–Crippen LogP) is 3.95. The van der Waals surface area contributed by atoms with Crippen LogP contribution in [-0.2, 0) is 15.8 Å². The molecule has 0 amide bonds. The summed E-state index contributed by atoms with van der Waals surface area (Å²) in [7, 11) is -3.59. The van der Waals surface area contributed by atoms with Gasteiger partial charge in [0.05, 0.1) is 5.75 Å². The van der Waals surface area contributed by atoms with E-state index in [-0.39, 0.29) is 5.75 Å². The van der Waals surface area contributed by atoms with Gasteiger partial charge in [-0.15, -0.1) is 0 Å². The molecule has 0 aromatic heterocycles. The highest BCUT2D eigenvalue weighted by Gasteiger charge is 2.20. The van der Waals surface area contributed by atoms with E-state index in [1.54, 1.807) is 31.2 Å². The molecule has 1 N–H and O–H groups in total. The van der Waals surface area contributed by atoms with Crippen LogP contribution in [0.4, 0.5) is 0 Å². The molecule has 0 radical (unpaired) electrons. The molecule has 0 saturated heterocycles. The van der Waals surface area contributed by atoms with E-state index in [1.807, 2.05) is 6.07 Å². The van der Waals surface area contributed by atoms with Crippen molar-refractivity contribution < 1.29 is 17.9 Å². The van der Waals surface area contributed by atoms with Crippen molar-refractivity contribution in [2.75, 3.05) is 13.2 Å². The largest absolute Gasteiger partial charge is 0.486 e. The topological polar surface area (TPSA) is 64.6 Å². The Balaban J connectivity index is 1.73. The zero-order chi connectivity index (χ0) is 18.0. The molecule has 0 bridgehead atoms. The maximum Gasteiger partial charge on any atom is 0.216 e. The number of rotatable bonds is 5. The fourth-order valence-corrected chi connectivity index (χ4v) is 4.53. The molecule has 134 valence electrons. The Morgan fingerprint density at radius 1 is 1.08 bits per heavy atom. The number of halogens is 2. The van der Waals surface area contributed by atoms with Crippen LogP contribution in [0, 0.1) is 0 Å². The van der Waals surface area contributed by atoms with Crippen molar-refractivity contribution in [3.63, 3.8) is 0 Å². The lowest BCUT2D eigenvalue weighted by molar-refractivity contribution is 0.171. The molecule has 1 aliphatic heterocycles. The average Bonchev–Trinajstić information content (AvgIpc) is 2.56. The average molecular weight is 402 g/mol. The van der Waals surface area contributed by atoms with E-state index in [9.17, 15) is 8.42 Å². The molecule has 3 rings (SSSR count). The van der Waals surface area contributed by atoms with Gasteiger partial charge in [-0.25, -0.2) is 13.1 Å². The zero-order valence-electron chi connectivity index (χ0n) is 13.5. The lowest BCUT2D eigenvalue weighted by atomic mass is 10.1. The molecule has 2 aromatic carbocycles. The third kappa shape index (κ3) is 4.58. The highest BCUT2D eigenvalue weighted by molar-refractivity contribution is 7.88. The quantitative estimate of drug-likeness (QED) is 0.823. The van der Waals surface area contributed by atoms with Gasteiger partial charge in [-0.2, -0.15) is 0 Å². The second-order valence-corrected chi connectivity index (χ2v) is 8.33. The summed E-state index contributed by atoms with van der Waals surface area (Å²) in [5.41, 5.74) is 1.28. The first kappa shape index (κ1) is 18.3. The Morgan fingerprint density at radius 3 is 2.52 bits per heavy atom. The number of hydrogen-bond donors (Lipinski definition) is 1. The standard InChI is InChI=1S/C17H17Cl2NO4S/c1-11(12-3-5-16-17(8-12)24-7-6-23-16)20-25(21,22)10-13-2-4-14(18)9-15(13)19/h2-5,8-9,11,20H,6-7,10H2,1H3. The van der Waals surface area contributed by atoms with Crippen LogP contribution in [0.3, 0.4) is 0 Å². The smallest absolute Gasteiger partial charge is 0.216 e. The van der Waals surface area contributed by atoms with Crippen molar-refractivity contribution in [3.8, 4) is 11.5 Å². The van der Waals surface area contributed by atoms with Gasteiger partial charge in [-0.05, 0) is 42.3 Å². The molecule has 5 nitrogen and oxygen atoms in total. The van der Waals surface area contributed by atoms with Crippen LogP contribution in [0.15, 0.2) is 36.4 Å². The molecule has 1 aliphatic rings. The summed E-state index contributed by atoms with van der Waals surface area (Å²) in [5.74, 6) is 1.06. The molecule has 1 atom stereocenters. The van der Waals surface area contributed by atoms with E-state index in [2.05, 4.69) is 4.72 Å². The van der Waals surface area contributed by atoms with Gasteiger partial charge in [0.2, 0.25) is 10.0 Å². The molecule has 1 unspecified atom stereocenters. The van der Waals surface area contributed by atoms with Crippen LogP contribution in [0.25, 0.3) is 0 Å². The third-order valence-corrected chi connectivity index (χ3v) is 5.77. The molecule has 1 heterocycles. The first-order chi connectivity index (χ1) is 11.8. The van der Waals surface area contributed by atoms with Gasteiger partial charge in [0.1, 0.15) is 13.2 Å². The molecule has 0 saturated carbocycles. The Hall–Kier alpha value is -1.47. The van der Waals surface area contributed by atoms with Crippen LogP contribution in [-0.4, -0.2) is 21.6 Å². The van der Waals surface area contributed by atoms with Crippen LogP contribution in [0.1, 0.15) is 24.1 Å². The monoisotopic (exact) mass is 401 g/mol. The van der Waals surface area contributed by atoms with Gasteiger partial charge in [0.15, 0.2) is 11.5 Å². The highest BCUT2D eigenvalue weighted by Crippen LogP contribution is 2.33. The minimum absolute atomic E-state index is 0.224. The van der Waals surface area contributed by atoms with E-state index >= 15 is 0 Å². The SMILES string of the molecule is CC(NS(=O)(=O)Cc1ccc(Cl)cc1Cl)c1ccc2c(c1)OCCO2. The Labute approximate surface area is 156 Å². The highest BCUT2D eigenvalue weighted by atomic mass is 35.5.